The first-order valence-electron chi connectivity index (χ1n) is 4.00. The van der Waals surface area contributed by atoms with Crippen molar-refractivity contribution >= 4 is 5.97 Å². The lowest BCUT2D eigenvalue weighted by Gasteiger charge is -2.06. The number of carboxylic acids is 1. The standard InChI is InChI=1S/C9H11NO4/c10-6(9(13)14)3-5-1-2-7(11)8(12)4-5/h1-2,4,6,11-12H,3,10H2,(H,13,14)/t6-/m0/s1/i1+1,2+1,4+1,5+1,7+1,8+1. The first-order valence-corrected chi connectivity index (χ1v) is 4.00. The quantitative estimate of drug-likeness (QED) is 0.520. The largest absolute Gasteiger partial charge is 0.504 e. The van der Waals surface area contributed by atoms with Crippen LogP contribution in [0, 0.1) is 0 Å². The molecule has 5 nitrogen and oxygen atoms in total. The molecule has 5 heteroatoms. The van der Waals surface area contributed by atoms with Crippen molar-refractivity contribution in [1.82, 2.24) is 0 Å². The summed E-state index contributed by atoms with van der Waals surface area (Å²) in [6.07, 6.45) is 0.114. The first kappa shape index (κ1) is 10.3. The lowest BCUT2D eigenvalue weighted by Crippen LogP contribution is -2.32. The van der Waals surface area contributed by atoms with Gasteiger partial charge in [-0.15, -0.1) is 0 Å². The maximum atomic E-state index is 10.4. The van der Waals surface area contributed by atoms with Gasteiger partial charge in [-0.1, -0.05) is 6.07 Å². The Morgan fingerprint density at radius 1 is 1.36 bits per heavy atom. The van der Waals surface area contributed by atoms with Crippen LogP contribution in [-0.2, 0) is 11.2 Å². The Balaban J connectivity index is 2.78. The van der Waals surface area contributed by atoms with Crippen molar-refractivity contribution in [2.75, 3.05) is 0 Å². The number of rotatable bonds is 3. The van der Waals surface area contributed by atoms with Gasteiger partial charge in [0.25, 0.3) is 0 Å². The number of hydrogen-bond donors (Lipinski definition) is 4. The Hall–Kier alpha value is -1.75. The first-order chi connectivity index (χ1) is 6.50. The van der Waals surface area contributed by atoms with Crippen LogP contribution in [-0.4, -0.2) is 27.3 Å². The highest BCUT2D eigenvalue weighted by Crippen LogP contribution is 2.25. The molecule has 0 aromatic heterocycles. The van der Waals surface area contributed by atoms with Gasteiger partial charge in [0.15, 0.2) is 11.5 Å². The van der Waals surface area contributed by atoms with Gasteiger partial charge >= 0.3 is 5.97 Å². The monoisotopic (exact) mass is 203 g/mol. The zero-order valence-electron chi connectivity index (χ0n) is 7.34. The Labute approximate surface area is 80.4 Å². The summed E-state index contributed by atoms with van der Waals surface area (Å²) in [6, 6.07) is 3.09. The second-order valence-corrected chi connectivity index (χ2v) is 2.97. The molecule has 1 aromatic rings. The molecule has 1 aromatic carbocycles. The number of hydrogen-bond acceptors (Lipinski definition) is 4. The zero-order valence-corrected chi connectivity index (χ0v) is 7.34. The Morgan fingerprint density at radius 3 is 2.50 bits per heavy atom. The minimum atomic E-state index is -1.10. The van der Waals surface area contributed by atoms with E-state index in [-0.39, 0.29) is 17.9 Å². The molecule has 0 aliphatic rings. The number of phenols is 2. The lowest BCUT2D eigenvalue weighted by molar-refractivity contribution is -0.138. The van der Waals surface area contributed by atoms with Gasteiger partial charge in [0.2, 0.25) is 0 Å². The normalized spacial score (nSPS) is 12.4. The smallest absolute Gasteiger partial charge is 0.320 e. The molecule has 0 aliphatic heterocycles. The van der Waals surface area contributed by atoms with Crippen LogP contribution in [0.15, 0.2) is 18.2 Å². The zero-order chi connectivity index (χ0) is 10.7. The van der Waals surface area contributed by atoms with Crippen LogP contribution in [0.4, 0.5) is 0 Å². The number of benzene rings is 1. The molecule has 1 rings (SSSR count). The van der Waals surface area contributed by atoms with Crippen LogP contribution in [0.2, 0.25) is 0 Å². The van der Waals surface area contributed by atoms with Crippen LogP contribution in [0.1, 0.15) is 5.56 Å². The van der Waals surface area contributed by atoms with Crippen molar-refractivity contribution in [3.05, 3.63) is 23.8 Å². The summed E-state index contributed by atoms with van der Waals surface area (Å²) in [5.41, 5.74) is 5.86. The second-order valence-electron chi connectivity index (χ2n) is 2.97. The number of aromatic hydroxyl groups is 2. The van der Waals surface area contributed by atoms with Gasteiger partial charge < -0.3 is 21.1 Å². The molecular weight excluding hydrogens is 192 g/mol. The maximum Gasteiger partial charge on any atom is 0.320 e. The van der Waals surface area contributed by atoms with Gasteiger partial charge in [0.05, 0.1) is 0 Å². The summed E-state index contributed by atoms with van der Waals surface area (Å²) in [5, 5.41) is 26.6. The average Bonchev–Trinajstić information content (AvgIpc) is 2.11. The number of aliphatic carboxylic acids is 1. The summed E-state index contributed by atoms with van der Waals surface area (Å²) in [6.45, 7) is 0. The van der Waals surface area contributed by atoms with Crippen molar-refractivity contribution in [3.63, 3.8) is 0 Å². The lowest BCUT2D eigenvalue weighted by atomic mass is 10.3. The van der Waals surface area contributed by atoms with Crippen molar-refractivity contribution in [1.29, 1.82) is 0 Å². The van der Waals surface area contributed by atoms with Crippen LogP contribution >= 0.6 is 0 Å². The van der Waals surface area contributed by atoms with Gasteiger partial charge in [-0.2, -0.15) is 0 Å². The highest BCUT2D eigenvalue weighted by atomic mass is 16.4. The molecule has 0 heterocycles. The third-order valence-electron chi connectivity index (χ3n) is 1.81. The predicted octanol–water partition coefficient (Wildman–Crippen LogP) is 0.0522. The fourth-order valence-corrected chi connectivity index (χ4v) is 1.04. The molecule has 5 N–H and O–H groups in total. The topological polar surface area (TPSA) is 104 Å². The average molecular weight is 203 g/mol. The molecule has 0 spiro atoms. The Morgan fingerprint density at radius 2 is 2.00 bits per heavy atom. The van der Waals surface area contributed by atoms with Crippen molar-refractivity contribution in [3.8, 4) is 11.5 Å². The van der Waals surface area contributed by atoms with E-state index in [4.69, 9.17) is 21.1 Å². The van der Waals surface area contributed by atoms with Crippen LogP contribution in [0.5, 0.6) is 11.5 Å². The van der Waals surface area contributed by atoms with E-state index < -0.39 is 12.0 Å². The van der Waals surface area contributed by atoms with Gasteiger partial charge in [0, 0.05) is 0 Å². The van der Waals surface area contributed by atoms with Crippen LogP contribution < -0.4 is 5.73 Å². The third-order valence-corrected chi connectivity index (χ3v) is 1.81. The Kier molecular flexibility index (Phi) is 2.93. The van der Waals surface area contributed by atoms with E-state index in [1.165, 1.54) is 18.2 Å². The molecule has 0 fully saturated rings. The number of carboxylic acid groups (broad SMARTS) is 1. The van der Waals surface area contributed by atoms with E-state index in [2.05, 4.69) is 0 Å². The molecule has 0 unspecified atom stereocenters. The molecule has 0 bridgehead atoms. The minimum Gasteiger partial charge on any atom is -0.504 e. The fraction of sp³-hybridized carbons (Fsp3) is 0.222. The van der Waals surface area contributed by atoms with Crippen LogP contribution in [0.25, 0.3) is 0 Å². The molecule has 14 heavy (non-hydrogen) atoms. The van der Waals surface area contributed by atoms with Crippen molar-refractivity contribution < 1.29 is 20.1 Å². The van der Waals surface area contributed by atoms with E-state index in [0.29, 0.717) is 5.56 Å². The summed E-state index contributed by atoms with van der Waals surface area (Å²) in [4.78, 5) is 10.4. The van der Waals surface area contributed by atoms with E-state index in [0.717, 1.165) is 0 Å². The van der Waals surface area contributed by atoms with Gasteiger partial charge in [-0.3, -0.25) is 4.79 Å². The van der Waals surface area contributed by atoms with E-state index in [1.54, 1.807) is 0 Å². The molecule has 1 atom stereocenters. The summed E-state index contributed by atoms with van der Waals surface area (Å²) in [7, 11) is 0. The molecule has 0 radical (unpaired) electrons. The van der Waals surface area contributed by atoms with Gasteiger partial charge in [-0.25, -0.2) is 0 Å². The van der Waals surface area contributed by atoms with Crippen molar-refractivity contribution in [2.45, 2.75) is 12.5 Å². The predicted molar refractivity (Wildman–Crippen MR) is 49.1 cm³/mol. The van der Waals surface area contributed by atoms with E-state index in [1.807, 2.05) is 0 Å². The minimum absolute atomic E-state index is 0.114. The summed E-state index contributed by atoms with van der Waals surface area (Å²) >= 11 is 0. The fourth-order valence-electron chi connectivity index (χ4n) is 1.04. The van der Waals surface area contributed by atoms with Gasteiger partial charge in [0.1, 0.15) is 6.04 Å². The Bertz CT molecular complexity index is 351. The molecule has 0 amide bonds. The number of carbonyl (C=O) groups is 1. The molecule has 0 saturated heterocycles. The van der Waals surface area contributed by atoms with E-state index in [9.17, 15) is 4.79 Å². The third kappa shape index (κ3) is 2.37. The number of phenolic OH excluding ortho intramolecular Hbond substituents is 2. The number of nitrogens with two attached hydrogens (primary N) is 1. The summed E-state index contributed by atoms with van der Waals surface area (Å²) in [5.74, 6) is -1.62. The van der Waals surface area contributed by atoms with Crippen LogP contribution in [0.3, 0.4) is 0 Å². The maximum absolute atomic E-state index is 10.4. The van der Waals surface area contributed by atoms with E-state index >= 15 is 0 Å². The highest BCUT2D eigenvalue weighted by molar-refractivity contribution is 5.73. The van der Waals surface area contributed by atoms with Crippen molar-refractivity contribution in [2.24, 2.45) is 5.73 Å². The summed E-state index contributed by atoms with van der Waals surface area (Å²) < 4.78 is 0. The molecule has 0 aliphatic carbocycles. The highest BCUT2D eigenvalue weighted by Gasteiger charge is 2.12. The molecular formula is C9H11NO4. The molecule has 0 saturated carbocycles. The second kappa shape index (κ2) is 3.97. The van der Waals surface area contributed by atoms with Gasteiger partial charge in [-0.05, 0) is 24.1 Å². The molecule has 76 valence electrons. The SMILES string of the molecule is N[C@@H](C[13c]1[13cH][13cH][13c](O)[13c](O)[13cH]1)C(=O)O.